The van der Waals surface area contributed by atoms with Gasteiger partial charge in [0.1, 0.15) is 6.10 Å². The molecule has 4 heteroatoms. The smallest absolute Gasteiger partial charge is 0.306 e. The summed E-state index contributed by atoms with van der Waals surface area (Å²) in [5.74, 6) is 0.636. The number of benzene rings is 1. The van der Waals surface area contributed by atoms with Crippen LogP contribution < -0.4 is 0 Å². The van der Waals surface area contributed by atoms with Gasteiger partial charge in [0, 0.05) is 30.8 Å². The number of aryl methyl sites for hydroxylation is 1. The normalized spacial score (nSPS) is 12.0. The monoisotopic (exact) mass is 340 g/mol. The Kier molecular flexibility index (Phi) is 7.58. The average Bonchev–Trinajstić information content (AvgIpc) is 2.61. The van der Waals surface area contributed by atoms with E-state index in [2.05, 4.69) is 35.9 Å². The summed E-state index contributed by atoms with van der Waals surface area (Å²) >= 11 is 0. The number of hydrogen-bond acceptors (Lipinski definition) is 4. The topological polar surface area (TPSA) is 52.1 Å². The van der Waals surface area contributed by atoms with E-state index in [-0.39, 0.29) is 12.1 Å². The van der Waals surface area contributed by atoms with E-state index >= 15 is 0 Å². The van der Waals surface area contributed by atoms with Gasteiger partial charge >= 0.3 is 5.97 Å². The minimum atomic E-state index is -0.111. The molecule has 0 saturated carbocycles. The van der Waals surface area contributed by atoms with Crippen molar-refractivity contribution in [3.05, 3.63) is 47.8 Å². The lowest BCUT2D eigenvalue weighted by Gasteiger charge is -2.13. The van der Waals surface area contributed by atoms with Crippen molar-refractivity contribution < 1.29 is 9.53 Å². The van der Waals surface area contributed by atoms with Crippen LogP contribution in [-0.4, -0.2) is 22.0 Å². The molecule has 1 aromatic carbocycles. The van der Waals surface area contributed by atoms with Crippen molar-refractivity contribution in [1.29, 1.82) is 0 Å². The molecule has 0 N–H and O–H groups in total. The first-order valence-electron chi connectivity index (χ1n) is 9.22. The molecule has 0 radical (unpaired) electrons. The second-order valence-corrected chi connectivity index (χ2v) is 6.47. The van der Waals surface area contributed by atoms with Crippen LogP contribution >= 0.6 is 0 Å². The van der Waals surface area contributed by atoms with Crippen molar-refractivity contribution in [2.24, 2.45) is 0 Å². The molecule has 2 rings (SSSR count). The van der Waals surface area contributed by atoms with Crippen LogP contribution in [-0.2, 0) is 22.4 Å². The summed E-state index contributed by atoms with van der Waals surface area (Å²) < 4.78 is 5.44. The minimum Gasteiger partial charge on any atom is -0.462 e. The quantitative estimate of drug-likeness (QED) is 0.618. The van der Waals surface area contributed by atoms with Crippen molar-refractivity contribution in [2.75, 3.05) is 0 Å². The third kappa shape index (κ3) is 6.29. The SMILES string of the molecule is CCCCC(=O)OC(C)Cc1ccc(-c2ncc(CCC)cn2)cc1. The number of esters is 1. The molecule has 0 aliphatic heterocycles. The maximum atomic E-state index is 11.7. The van der Waals surface area contributed by atoms with Crippen molar-refractivity contribution in [2.45, 2.75) is 65.4 Å². The van der Waals surface area contributed by atoms with Crippen molar-refractivity contribution in [1.82, 2.24) is 9.97 Å². The zero-order chi connectivity index (χ0) is 18.1. The van der Waals surface area contributed by atoms with Crippen LogP contribution in [0.1, 0.15) is 57.6 Å². The van der Waals surface area contributed by atoms with Gasteiger partial charge in [0.25, 0.3) is 0 Å². The molecule has 25 heavy (non-hydrogen) atoms. The van der Waals surface area contributed by atoms with Gasteiger partial charge in [-0.25, -0.2) is 9.97 Å². The fraction of sp³-hybridized carbons (Fsp3) is 0.476. The van der Waals surface area contributed by atoms with Crippen molar-refractivity contribution in [3.8, 4) is 11.4 Å². The Hall–Kier alpha value is -2.23. The van der Waals surface area contributed by atoms with E-state index in [1.54, 1.807) is 0 Å². The van der Waals surface area contributed by atoms with Crippen LogP contribution in [0, 0.1) is 0 Å². The van der Waals surface area contributed by atoms with E-state index in [0.29, 0.717) is 12.8 Å². The number of nitrogens with zero attached hydrogens (tertiary/aromatic N) is 2. The summed E-state index contributed by atoms with van der Waals surface area (Å²) in [6, 6.07) is 8.15. The highest BCUT2D eigenvalue weighted by Gasteiger charge is 2.10. The molecule has 1 aromatic heterocycles. The molecule has 0 aliphatic rings. The molecule has 1 unspecified atom stereocenters. The largest absolute Gasteiger partial charge is 0.462 e. The van der Waals surface area contributed by atoms with Gasteiger partial charge in [0.2, 0.25) is 0 Å². The Labute approximate surface area is 150 Å². The van der Waals surface area contributed by atoms with Gasteiger partial charge in [-0.15, -0.1) is 0 Å². The lowest BCUT2D eigenvalue weighted by Crippen LogP contribution is -2.17. The van der Waals surface area contributed by atoms with Gasteiger partial charge in [-0.2, -0.15) is 0 Å². The van der Waals surface area contributed by atoms with E-state index in [9.17, 15) is 4.79 Å². The first kappa shape index (κ1) is 19.1. The van der Waals surface area contributed by atoms with E-state index in [1.807, 2.05) is 31.5 Å². The number of hydrogen-bond donors (Lipinski definition) is 0. The molecule has 0 saturated heterocycles. The van der Waals surface area contributed by atoms with Gasteiger partial charge in [-0.1, -0.05) is 51.0 Å². The number of aromatic nitrogens is 2. The van der Waals surface area contributed by atoms with Crippen LogP contribution in [0.2, 0.25) is 0 Å². The third-order valence-electron chi connectivity index (χ3n) is 4.05. The lowest BCUT2D eigenvalue weighted by atomic mass is 10.1. The van der Waals surface area contributed by atoms with Crippen LogP contribution in [0.15, 0.2) is 36.7 Å². The molecule has 0 fully saturated rings. The average molecular weight is 340 g/mol. The maximum Gasteiger partial charge on any atom is 0.306 e. The molecule has 2 aromatic rings. The molecule has 0 spiro atoms. The van der Waals surface area contributed by atoms with E-state index in [0.717, 1.165) is 42.6 Å². The highest BCUT2D eigenvalue weighted by atomic mass is 16.5. The van der Waals surface area contributed by atoms with Crippen LogP contribution in [0.3, 0.4) is 0 Å². The van der Waals surface area contributed by atoms with E-state index in [1.165, 1.54) is 5.56 Å². The number of carbonyl (C=O) groups excluding carboxylic acids is 1. The Morgan fingerprint density at radius 1 is 1.04 bits per heavy atom. The highest BCUT2D eigenvalue weighted by Crippen LogP contribution is 2.17. The molecule has 0 amide bonds. The van der Waals surface area contributed by atoms with Crippen LogP contribution in [0.4, 0.5) is 0 Å². The fourth-order valence-electron chi connectivity index (χ4n) is 2.69. The van der Waals surface area contributed by atoms with Gasteiger partial charge < -0.3 is 4.74 Å². The molecular formula is C21H28N2O2. The van der Waals surface area contributed by atoms with Crippen LogP contribution in [0.25, 0.3) is 11.4 Å². The van der Waals surface area contributed by atoms with Gasteiger partial charge in [0.05, 0.1) is 0 Å². The highest BCUT2D eigenvalue weighted by molar-refractivity contribution is 5.69. The second-order valence-electron chi connectivity index (χ2n) is 6.47. The molecule has 1 heterocycles. The molecule has 134 valence electrons. The Balaban J connectivity index is 1.91. The predicted octanol–water partition coefficient (Wildman–Crippen LogP) is 4.76. The van der Waals surface area contributed by atoms with E-state index in [4.69, 9.17) is 4.74 Å². The lowest BCUT2D eigenvalue weighted by molar-refractivity contribution is -0.148. The van der Waals surface area contributed by atoms with Crippen molar-refractivity contribution >= 4 is 5.97 Å². The second kappa shape index (κ2) is 9.92. The zero-order valence-electron chi connectivity index (χ0n) is 15.5. The Morgan fingerprint density at radius 3 is 2.32 bits per heavy atom. The number of unbranched alkanes of at least 4 members (excludes halogenated alkanes) is 1. The molecule has 1 atom stereocenters. The number of carbonyl (C=O) groups is 1. The van der Waals surface area contributed by atoms with Crippen molar-refractivity contribution in [3.63, 3.8) is 0 Å². The van der Waals surface area contributed by atoms with Gasteiger partial charge in [0.15, 0.2) is 5.82 Å². The number of ether oxygens (including phenoxy) is 1. The summed E-state index contributed by atoms with van der Waals surface area (Å²) in [5.41, 5.74) is 3.31. The maximum absolute atomic E-state index is 11.7. The third-order valence-corrected chi connectivity index (χ3v) is 4.05. The molecular weight excluding hydrogens is 312 g/mol. The summed E-state index contributed by atoms with van der Waals surface area (Å²) in [7, 11) is 0. The Morgan fingerprint density at radius 2 is 1.72 bits per heavy atom. The summed E-state index contributed by atoms with van der Waals surface area (Å²) in [6.45, 7) is 6.15. The standard InChI is InChI=1S/C21H28N2O2/c1-4-6-8-20(24)25-16(3)13-17-9-11-19(12-10-17)21-22-14-18(7-5-2)15-23-21/h9-12,14-16H,4-8,13H2,1-3H3. The van der Waals surface area contributed by atoms with Gasteiger partial charge in [-0.3, -0.25) is 4.79 Å². The first-order chi connectivity index (χ1) is 12.1. The Bertz CT molecular complexity index is 651. The summed E-state index contributed by atoms with van der Waals surface area (Å²) in [5, 5.41) is 0. The fourth-order valence-corrected chi connectivity index (χ4v) is 2.69. The van der Waals surface area contributed by atoms with Gasteiger partial charge in [-0.05, 0) is 30.9 Å². The summed E-state index contributed by atoms with van der Waals surface area (Å²) in [4.78, 5) is 20.6. The summed E-state index contributed by atoms with van der Waals surface area (Å²) in [6.07, 6.45) is 8.91. The predicted molar refractivity (Wildman–Crippen MR) is 100 cm³/mol. The van der Waals surface area contributed by atoms with Crippen LogP contribution in [0.5, 0.6) is 0 Å². The zero-order valence-corrected chi connectivity index (χ0v) is 15.5. The van der Waals surface area contributed by atoms with E-state index < -0.39 is 0 Å². The number of rotatable bonds is 9. The molecule has 0 aliphatic carbocycles. The minimum absolute atomic E-state index is 0.105. The molecule has 0 bridgehead atoms. The first-order valence-corrected chi connectivity index (χ1v) is 9.22. The molecule has 4 nitrogen and oxygen atoms in total.